The normalized spacial score (nSPS) is 16.3. The van der Waals surface area contributed by atoms with Crippen LogP contribution in [-0.4, -0.2) is 38.2 Å². The number of halogens is 2. The Morgan fingerprint density at radius 2 is 1.96 bits per heavy atom. The quantitative estimate of drug-likeness (QED) is 0.673. The van der Waals surface area contributed by atoms with Crippen molar-refractivity contribution >= 4 is 21.8 Å². The summed E-state index contributed by atoms with van der Waals surface area (Å²) >= 11 is 3.20. The zero-order valence-corrected chi connectivity index (χ0v) is 16.8. The minimum Gasteiger partial charge on any atom is -0.497 e. The molecule has 1 fully saturated rings. The highest BCUT2D eigenvalue weighted by molar-refractivity contribution is 9.10. The van der Waals surface area contributed by atoms with Crippen LogP contribution in [0.4, 0.5) is 4.39 Å². The number of rotatable bonds is 6. The first-order valence-electron chi connectivity index (χ1n) is 8.62. The molecule has 2 aromatic carbocycles. The maximum absolute atomic E-state index is 13.9. The van der Waals surface area contributed by atoms with Crippen LogP contribution in [0.5, 0.6) is 17.2 Å². The second-order valence-electron chi connectivity index (χ2n) is 6.22. The van der Waals surface area contributed by atoms with Gasteiger partial charge in [-0.2, -0.15) is 0 Å². The van der Waals surface area contributed by atoms with E-state index in [4.69, 9.17) is 14.2 Å². The largest absolute Gasteiger partial charge is 0.497 e. The van der Waals surface area contributed by atoms with Crippen LogP contribution in [0.2, 0.25) is 0 Å². The van der Waals surface area contributed by atoms with Crippen LogP contribution < -0.4 is 14.2 Å². The Hall–Kier alpha value is -2.28. The summed E-state index contributed by atoms with van der Waals surface area (Å²) in [5.41, 5.74) is 0.900. The predicted octanol–water partition coefficient (Wildman–Crippen LogP) is 4.35. The van der Waals surface area contributed by atoms with Gasteiger partial charge >= 0.3 is 0 Å². The molecule has 144 valence electrons. The van der Waals surface area contributed by atoms with Crippen molar-refractivity contribution in [3.8, 4) is 17.2 Å². The molecular weight excluding hydrogens is 417 g/mol. The van der Waals surface area contributed by atoms with E-state index in [1.165, 1.54) is 12.1 Å². The van der Waals surface area contributed by atoms with Crippen LogP contribution in [-0.2, 0) is 4.79 Å². The Morgan fingerprint density at radius 3 is 2.67 bits per heavy atom. The number of hydrogen-bond acceptors (Lipinski definition) is 4. The van der Waals surface area contributed by atoms with Gasteiger partial charge < -0.3 is 19.1 Å². The van der Waals surface area contributed by atoms with Gasteiger partial charge in [0, 0.05) is 16.6 Å². The first-order chi connectivity index (χ1) is 13.0. The molecule has 0 aliphatic carbocycles. The zero-order chi connectivity index (χ0) is 19.4. The van der Waals surface area contributed by atoms with E-state index < -0.39 is 5.82 Å². The molecule has 27 heavy (non-hydrogen) atoms. The molecule has 0 bridgehead atoms. The van der Waals surface area contributed by atoms with Crippen LogP contribution in [0, 0.1) is 5.82 Å². The minimum absolute atomic E-state index is 0.0567. The van der Waals surface area contributed by atoms with Crippen molar-refractivity contribution in [2.24, 2.45) is 0 Å². The van der Waals surface area contributed by atoms with Gasteiger partial charge in [0.2, 0.25) is 0 Å². The van der Waals surface area contributed by atoms with Crippen molar-refractivity contribution in [2.75, 3.05) is 27.4 Å². The fraction of sp³-hybridized carbons (Fsp3) is 0.350. The standard InChI is InChI=1S/C20H21BrFNO4/c1-25-14-6-8-18(26-2)15(11-14)17-4-3-9-23(17)20(24)12-27-19-7-5-13(21)10-16(19)22/h5-8,10-11,17H,3-4,9,12H2,1-2H3/t17-/m0/s1. The third kappa shape index (κ3) is 4.35. The van der Waals surface area contributed by atoms with E-state index in [0.717, 1.165) is 18.4 Å². The van der Waals surface area contributed by atoms with E-state index in [-0.39, 0.29) is 24.3 Å². The summed E-state index contributed by atoms with van der Waals surface area (Å²) < 4.78 is 30.7. The van der Waals surface area contributed by atoms with Gasteiger partial charge in [-0.1, -0.05) is 15.9 Å². The number of hydrogen-bond donors (Lipinski definition) is 0. The zero-order valence-electron chi connectivity index (χ0n) is 15.2. The highest BCUT2D eigenvalue weighted by atomic mass is 79.9. The molecular formula is C20H21BrFNO4. The third-order valence-corrected chi connectivity index (χ3v) is 5.11. The van der Waals surface area contributed by atoms with Crippen molar-refractivity contribution in [1.29, 1.82) is 0 Å². The Kier molecular flexibility index (Phi) is 6.21. The summed E-state index contributed by atoms with van der Waals surface area (Å²) in [6.45, 7) is 0.400. The van der Waals surface area contributed by atoms with Gasteiger partial charge in [-0.05, 0) is 49.2 Å². The highest BCUT2D eigenvalue weighted by Gasteiger charge is 2.32. The number of benzene rings is 2. The molecule has 1 heterocycles. The highest BCUT2D eigenvalue weighted by Crippen LogP contribution is 2.39. The second kappa shape index (κ2) is 8.61. The molecule has 1 saturated heterocycles. The average molecular weight is 438 g/mol. The number of carbonyl (C=O) groups excluding carboxylic acids is 1. The van der Waals surface area contributed by atoms with Crippen molar-refractivity contribution in [2.45, 2.75) is 18.9 Å². The first kappa shape index (κ1) is 19.5. The average Bonchev–Trinajstić information content (AvgIpc) is 3.16. The molecule has 1 aliphatic rings. The van der Waals surface area contributed by atoms with E-state index in [0.29, 0.717) is 22.5 Å². The number of carbonyl (C=O) groups is 1. The summed E-state index contributed by atoms with van der Waals surface area (Å²) in [4.78, 5) is 14.5. The summed E-state index contributed by atoms with van der Waals surface area (Å²) in [6, 6.07) is 9.90. The number of likely N-dealkylation sites (tertiary alicyclic amines) is 1. The van der Waals surface area contributed by atoms with E-state index in [2.05, 4.69) is 15.9 Å². The summed E-state index contributed by atoms with van der Waals surface area (Å²) in [7, 11) is 3.20. The molecule has 7 heteroatoms. The molecule has 1 atom stereocenters. The fourth-order valence-electron chi connectivity index (χ4n) is 3.30. The predicted molar refractivity (Wildman–Crippen MR) is 103 cm³/mol. The van der Waals surface area contributed by atoms with E-state index >= 15 is 0 Å². The molecule has 0 aromatic heterocycles. The van der Waals surface area contributed by atoms with Crippen molar-refractivity contribution in [3.05, 3.63) is 52.3 Å². The van der Waals surface area contributed by atoms with Crippen molar-refractivity contribution in [3.63, 3.8) is 0 Å². The van der Waals surface area contributed by atoms with Gasteiger partial charge in [0.05, 0.1) is 20.3 Å². The SMILES string of the molecule is COc1ccc(OC)c([C@@H]2CCCN2C(=O)COc2ccc(Br)cc2F)c1. The van der Waals surface area contributed by atoms with Gasteiger partial charge in [0.25, 0.3) is 5.91 Å². The van der Waals surface area contributed by atoms with Crippen LogP contribution in [0.3, 0.4) is 0 Å². The number of nitrogens with zero attached hydrogens (tertiary/aromatic N) is 1. The van der Waals surface area contributed by atoms with Crippen molar-refractivity contribution in [1.82, 2.24) is 4.90 Å². The van der Waals surface area contributed by atoms with Gasteiger partial charge in [-0.3, -0.25) is 4.79 Å². The van der Waals surface area contributed by atoms with Crippen LogP contribution >= 0.6 is 15.9 Å². The van der Waals surface area contributed by atoms with E-state index in [1.54, 1.807) is 25.2 Å². The molecule has 0 N–H and O–H groups in total. The van der Waals surface area contributed by atoms with Gasteiger partial charge in [-0.25, -0.2) is 4.39 Å². The maximum atomic E-state index is 13.9. The minimum atomic E-state index is -0.510. The topological polar surface area (TPSA) is 48.0 Å². The Morgan fingerprint density at radius 1 is 1.19 bits per heavy atom. The van der Waals surface area contributed by atoms with Gasteiger partial charge in [0.15, 0.2) is 18.2 Å². The molecule has 0 spiro atoms. The lowest BCUT2D eigenvalue weighted by Gasteiger charge is -2.26. The summed E-state index contributed by atoms with van der Waals surface area (Å²) in [5.74, 6) is 0.772. The molecule has 5 nitrogen and oxygen atoms in total. The first-order valence-corrected chi connectivity index (χ1v) is 9.42. The molecule has 0 radical (unpaired) electrons. The second-order valence-corrected chi connectivity index (χ2v) is 7.13. The number of methoxy groups -OCH3 is 2. The fourth-order valence-corrected chi connectivity index (χ4v) is 3.64. The van der Waals surface area contributed by atoms with Gasteiger partial charge in [-0.15, -0.1) is 0 Å². The van der Waals surface area contributed by atoms with Crippen LogP contribution in [0.15, 0.2) is 40.9 Å². The Bertz CT molecular complexity index is 830. The smallest absolute Gasteiger partial charge is 0.261 e. The van der Waals surface area contributed by atoms with Gasteiger partial charge in [0.1, 0.15) is 11.5 Å². The summed E-state index contributed by atoms with van der Waals surface area (Å²) in [5, 5.41) is 0. The molecule has 2 aromatic rings. The van der Waals surface area contributed by atoms with E-state index in [9.17, 15) is 9.18 Å². The Balaban J connectivity index is 1.75. The van der Waals surface area contributed by atoms with Crippen LogP contribution in [0.1, 0.15) is 24.4 Å². The molecule has 1 amide bonds. The molecule has 0 unspecified atom stereocenters. The number of amides is 1. The molecule has 0 saturated carbocycles. The Labute approximate surface area is 166 Å². The molecule has 3 rings (SSSR count). The van der Waals surface area contributed by atoms with Crippen molar-refractivity contribution < 1.29 is 23.4 Å². The lowest BCUT2D eigenvalue weighted by atomic mass is 10.0. The molecule has 1 aliphatic heterocycles. The van der Waals surface area contributed by atoms with E-state index in [1.807, 2.05) is 18.2 Å². The lowest BCUT2D eigenvalue weighted by molar-refractivity contribution is -0.134. The van der Waals surface area contributed by atoms with Crippen LogP contribution in [0.25, 0.3) is 0 Å². The lowest BCUT2D eigenvalue weighted by Crippen LogP contribution is -2.34. The summed E-state index contributed by atoms with van der Waals surface area (Å²) in [6.07, 6.45) is 1.70. The maximum Gasteiger partial charge on any atom is 0.261 e. The third-order valence-electron chi connectivity index (χ3n) is 4.61. The monoisotopic (exact) mass is 437 g/mol. The number of ether oxygens (including phenoxy) is 3.